The van der Waals surface area contributed by atoms with Crippen LogP contribution in [-0.2, 0) is 0 Å². The zero-order valence-electron chi connectivity index (χ0n) is 11.2. The molecule has 6 heteroatoms. The molecule has 3 heterocycles. The van der Waals surface area contributed by atoms with Gasteiger partial charge in [0.15, 0.2) is 0 Å². The highest BCUT2D eigenvalue weighted by Gasteiger charge is 2.15. The monoisotopic (exact) mass is 288 g/mol. The van der Waals surface area contributed by atoms with E-state index in [2.05, 4.69) is 22.0 Å². The van der Waals surface area contributed by atoms with Crippen LogP contribution >= 0.6 is 11.3 Å². The van der Waals surface area contributed by atoms with E-state index in [0.717, 1.165) is 35.0 Å². The van der Waals surface area contributed by atoms with Crippen LogP contribution in [0.15, 0.2) is 28.2 Å². The van der Waals surface area contributed by atoms with Gasteiger partial charge < -0.3 is 10.3 Å². The van der Waals surface area contributed by atoms with Crippen molar-refractivity contribution in [3.8, 4) is 11.4 Å². The van der Waals surface area contributed by atoms with Gasteiger partial charge in [0.1, 0.15) is 0 Å². The summed E-state index contributed by atoms with van der Waals surface area (Å²) >= 11 is 1.65. The van der Waals surface area contributed by atoms with Gasteiger partial charge in [-0.25, -0.2) is 0 Å². The summed E-state index contributed by atoms with van der Waals surface area (Å²) in [5, 5.41) is 6.02. The fourth-order valence-electron chi connectivity index (χ4n) is 2.02. The smallest absolute Gasteiger partial charge is 0.243 e. The van der Waals surface area contributed by atoms with E-state index in [1.807, 2.05) is 17.5 Å². The number of fused-ring (bicyclic) bond motifs is 1. The minimum absolute atomic E-state index is 0.186. The van der Waals surface area contributed by atoms with E-state index in [4.69, 9.17) is 10.3 Å². The summed E-state index contributed by atoms with van der Waals surface area (Å²) in [6, 6.07) is 3.83. The van der Waals surface area contributed by atoms with Gasteiger partial charge in [-0.15, -0.1) is 11.3 Å². The summed E-state index contributed by atoms with van der Waals surface area (Å²) in [4.78, 5) is 8.77. The molecule has 0 aliphatic heterocycles. The lowest BCUT2D eigenvalue weighted by Gasteiger charge is -2.03. The van der Waals surface area contributed by atoms with E-state index in [0.29, 0.717) is 11.7 Å². The molecule has 5 nitrogen and oxygen atoms in total. The van der Waals surface area contributed by atoms with Gasteiger partial charge in [-0.3, -0.25) is 4.98 Å². The van der Waals surface area contributed by atoms with Crippen LogP contribution in [0.25, 0.3) is 21.6 Å². The number of thiophene rings is 1. The highest BCUT2D eigenvalue weighted by atomic mass is 32.1. The summed E-state index contributed by atoms with van der Waals surface area (Å²) in [5.41, 5.74) is 7.88. The Kier molecular flexibility index (Phi) is 3.75. The van der Waals surface area contributed by atoms with E-state index in [-0.39, 0.29) is 6.04 Å². The predicted molar refractivity (Wildman–Crippen MR) is 79.4 cm³/mol. The summed E-state index contributed by atoms with van der Waals surface area (Å²) < 4.78 is 6.38. The number of nitrogens with two attached hydrogens (primary N) is 1. The number of pyridine rings is 1. The number of hydrogen-bond acceptors (Lipinski definition) is 6. The van der Waals surface area contributed by atoms with Crippen molar-refractivity contribution in [2.75, 3.05) is 0 Å². The van der Waals surface area contributed by atoms with Gasteiger partial charge in [-0.2, -0.15) is 4.98 Å². The molecule has 20 heavy (non-hydrogen) atoms. The van der Waals surface area contributed by atoms with Crippen LogP contribution in [0.1, 0.15) is 38.1 Å². The van der Waals surface area contributed by atoms with Crippen molar-refractivity contribution in [3.05, 3.63) is 29.6 Å². The molecule has 3 rings (SSSR count). The molecule has 0 saturated heterocycles. The van der Waals surface area contributed by atoms with Crippen molar-refractivity contribution in [1.29, 1.82) is 0 Å². The Bertz CT molecular complexity index is 706. The molecule has 0 radical (unpaired) electrons. The predicted octanol–water partition coefficient (Wildman–Crippen LogP) is 3.54. The normalized spacial score (nSPS) is 12.9. The first-order valence-electron chi connectivity index (χ1n) is 6.70. The summed E-state index contributed by atoms with van der Waals surface area (Å²) in [6.07, 6.45) is 4.79. The third-order valence-electron chi connectivity index (χ3n) is 3.19. The Morgan fingerprint density at radius 2 is 2.35 bits per heavy atom. The zero-order chi connectivity index (χ0) is 13.9. The first kappa shape index (κ1) is 13.2. The van der Waals surface area contributed by atoms with Gasteiger partial charge in [0.25, 0.3) is 0 Å². The van der Waals surface area contributed by atoms with Gasteiger partial charge >= 0.3 is 0 Å². The third-order valence-corrected chi connectivity index (χ3v) is 4.04. The molecule has 1 atom stereocenters. The van der Waals surface area contributed by atoms with E-state index >= 15 is 0 Å². The molecule has 3 aromatic rings. The first-order valence-corrected chi connectivity index (χ1v) is 7.58. The minimum atomic E-state index is -0.186. The van der Waals surface area contributed by atoms with Gasteiger partial charge in [-0.05, 0) is 23.9 Å². The molecule has 0 aromatic carbocycles. The molecular formula is C14H16N4OS. The van der Waals surface area contributed by atoms with Crippen LogP contribution in [0.2, 0.25) is 0 Å². The number of hydrogen-bond donors (Lipinski definition) is 1. The van der Waals surface area contributed by atoms with Crippen LogP contribution in [0.3, 0.4) is 0 Å². The molecule has 3 aromatic heterocycles. The lowest BCUT2D eigenvalue weighted by Crippen LogP contribution is -2.10. The average Bonchev–Trinajstić information content (AvgIpc) is 3.12. The van der Waals surface area contributed by atoms with Crippen LogP contribution < -0.4 is 5.73 Å². The third kappa shape index (κ3) is 2.57. The van der Waals surface area contributed by atoms with Gasteiger partial charge in [-0.1, -0.05) is 24.9 Å². The van der Waals surface area contributed by atoms with Gasteiger partial charge in [0, 0.05) is 11.8 Å². The number of nitrogens with zero attached hydrogens (tertiary/aromatic N) is 3. The standard InChI is InChI=1S/C14H16N4OS/c1-2-3-4-10(15)14-17-13(18-19-14)9-7-12-11(16-8-9)5-6-20-12/h5-8,10H,2-4,15H2,1H3/t10-/m0/s1. The second-order valence-electron chi connectivity index (χ2n) is 4.73. The SMILES string of the molecule is CCCC[C@H](N)c1nc(-c2cnc3ccsc3c2)no1. The van der Waals surface area contributed by atoms with Crippen LogP contribution in [-0.4, -0.2) is 15.1 Å². The van der Waals surface area contributed by atoms with Crippen molar-refractivity contribution in [3.63, 3.8) is 0 Å². The zero-order valence-corrected chi connectivity index (χ0v) is 12.1. The summed E-state index contributed by atoms with van der Waals surface area (Å²) in [6.45, 7) is 2.13. The number of rotatable bonds is 5. The second kappa shape index (κ2) is 5.68. The van der Waals surface area contributed by atoms with Gasteiger partial charge in [0.05, 0.1) is 16.3 Å². The highest BCUT2D eigenvalue weighted by molar-refractivity contribution is 7.17. The second-order valence-corrected chi connectivity index (χ2v) is 5.68. The fourth-order valence-corrected chi connectivity index (χ4v) is 2.80. The number of unbranched alkanes of at least 4 members (excludes halogenated alkanes) is 1. The molecule has 0 aliphatic carbocycles. The quantitative estimate of drug-likeness (QED) is 0.777. The molecule has 0 aliphatic rings. The largest absolute Gasteiger partial charge is 0.337 e. The van der Waals surface area contributed by atoms with E-state index in [1.165, 1.54) is 0 Å². The average molecular weight is 288 g/mol. The van der Waals surface area contributed by atoms with Crippen molar-refractivity contribution in [2.24, 2.45) is 5.73 Å². The Labute approximate surface area is 120 Å². The Hall–Kier alpha value is -1.79. The van der Waals surface area contributed by atoms with Crippen LogP contribution in [0, 0.1) is 0 Å². The maximum atomic E-state index is 6.04. The van der Waals surface area contributed by atoms with E-state index in [1.54, 1.807) is 17.5 Å². The molecule has 0 amide bonds. The maximum absolute atomic E-state index is 6.04. The van der Waals surface area contributed by atoms with Crippen molar-refractivity contribution in [2.45, 2.75) is 32.2 Å². The molecule has 0 spiro atoms. The van der Waals surface area contributed by atoms with Crippen molar-refractivity contribution < 1.29 is 4.52 Å². The van der Waals surface area contributed by atoms with E-state index in [9.17, 15) is 0 Å². The van der Waals surface area contributed by atoms with Crippen molar-refractivity contribution >= 4 is 21.6 Å². The highest BCUT2D eigenvalue weighted by Crippen LogP contribution is 2.25. The Morgan fingerprint density at radius 3 is 3.20 bits per heavy atom. The minimum Gasteiger partial charge on any atom is -0.337 e. The summed E-state index contributed by atoms with van der Waals surface area (Å²) in [5.74, 6) is 1.05. The lowest BCUT2D eigenvalue weighted by molar-refractivity contribution is 0.346. The summed E-state index contributed by atoms with van der Waals surface area (Å²) in [7, 11) is 0. The van der Waals surface area contributed by atoms with Crippen LogP contribution in [0.4, 0.5) is 0 Å². The molecule has 0 unspecified atom stereocenters. The molecule has 2 N–H and O–H groups in total. The fraction of sp³-hybridized carbons (Fsp3) is 0.357. The first-order chi connectivity index (χ1) is 9.78. The molecule has 0 saturated carbocycles. The Balaban J connectivity index is 1.85. The maximum Gasteiger partial charge on any atom is 0.243 e. The molecular weight excluding hydrogens is 272 g/mol. The Morgan fingerprint density at radius 1 is 1.45 bits per heavy atom. The van der Waals surface area contributed by atoms with Crippen molar-refractivity contribution in [1.82, 2.24) is 15.1 Å². The topological polar surface area (TPSA) is 77.8 Å². The molecule has 0 bridgehead atoms. The molecule has 104 valence electrons. The molecule has 0 fully saturated rings. The van der Waals surface area contributed by atoms with Crippen LogP contribution in [0.5, 0.6) is 0 Å². The van der Waals surface area contributed by atoms with Gasteiger partial charge in [0.2, 0.25) is 11.7 Å². The van der Waals surface area contributed by atoms with E-state index < -0.39 is 0 Å². The lowest BCUT2D eigenvalue weighted by atomic mass is 10.1. The number of aromatic nitrogens is 3.